The van der Waals surface area contributed by atoms with Crippen LogP contribution in [0.4, 0.5) is 4.39 Å². The molecule has 1 saturated heterocycles. The van der Waals surface area contributed by atoms with Gasteiger partial charge in [-0.05, 0) is 24.1 Å². The molecule has 4 nitrogen and oxygen atoms in total. The fraction of sp³-hybridized carbons (Fsp3) is 0.533. The Morgan fingerprint density at radius 3 is 2.76 bits per heavy atom. The fourth-order valence-electron chi connectivity index (χ4n) is 2.19. The van der Waals surface area contributed by atoms with Crippen LogP contribution in [0.1, 0.15) is 12.0 Å². The lowest BCUT2D eigenvalue weighted by Gasteiger charge is -2.25. The second kappa shape index (κ2) is 8.97. The van der Waals surface area contributed by atoms with Crippen LogP contribution < -0.4 is 5.32 Å². The first-order valence-electron chi connectivity index (χ1n) is 6.94. The smallest absolute Gasteiger partial charge is 0.223 e. The second-order valence-electron chi connectivity index (χ2n) is 5.12. The molecule has 0 radical (unpaired) electrons. The van der Waals surface area contributed by atoms with Gasteiger partial charge in [-0.1, -0.05) is 12.1 Å². The Morgan fingerprint density at radius 2 is 2.14 bits per heavy atom. The highest BCUT2D eigenvalue weighted by Gasteiger charge is 2.19. The number of morpholine rings is 1. The van der Waals surface area contributed by atoms with Crippen molar-refractivity contribution in [1.82, 2.24) is 10.2 Å². The molecular formula is C15H22ClFN2O2. The minimum absolute atomic E-state index is 0. The molecule has 1 atom stereocenters. The molecule has 1 aliphatic rings. The summed E-state index contributed by atoms with van der Waals surface area (Å²) in [6, 6.07) is 6.51. The lowest BCUT2D eigenvalue weighted by Crippen LogP contribution is -2.44. The molecule has 1 aliphatic heterocycles. The van der Waals surface area contributed by atoms with Gasteiger partial charge in [-0.2, -0.15) is 0 Å². The van der Waals surface area contributed by atoms with E-state index in [0.717, 1.165) is 18.5 Å². The highest BCUT2D eigenvalue weighted by molar-refractivity contribution is 5.85. The van der Waals surface area contributed by atoms with Gasteiger partial charge in [0.2, 0.25) is 5.91 Å². The Hall–Kier alpha value is -1.17. The van der Waals surface area contributed by atoms with Gasteiger partial charge in [0.05, 0.1) is 13.2 Å². The van der Waals surface area contributed by atoms with Crippen LogP contribution in [-0.4, -0.2) is 50.2 Å². The summed E-state index contributed by atoms with van der Waals surface area (Å²) in [4.78, 5) is 13.8. The van der Waals surface area contributed by atoms with Crippen molar-refractivity contribution in [3.05, 3.63) is 35.6 Å². The van der Waals surface area contributed by atoms with E-state index in [1.165, 1.54) is 12.1 Å². The summed E-state index contributed by atoms with van der Waals surface area (Å²) in [6.45, 7) is 2.75. The number of nitrogens with one attached hydrogen (secondary N) is 1. The third kappa shape index (κ3) is 5.99. The molecule has 1 aromatic rings. The van der Waals surface area contributed by atoms with E-state index in [0.29, 0.717) is 26.2 Å². The predicted octanol–water partition coefficient (Wildman–Crippen LogP) is 1.63. The van der Waals surface area contributed by atoms with E-state index < -0.39 is 0 Å². The van der Waals surface area contributed by atoms with Crippen molar-refractivity contribution in [2.24, 2.45) is 0 Å². The lowest BCUT2D eigenvalue weighted by atomic mass is 10.1. The van der Waals surface area contributed by atoms with Gasteiger partial charge < -0.3 is 15.0 Å². The Bertz CT molecular complexity index is 436. The lowest BCUT2D eigenvalue weighted by molar-refractivity contribution is -0.131. The first-order valence-corrected chi connectivity index (χ1v) is 6.94. The summed E-state index contributed by atoms with van der Waals surface area (Å²) < 4.78 is 18.1. The molecule has 1 aromatic carbocycles. The van der Waals surface area contributed by atoms with Crippen LogP contribution >= 0.6 is 12.4 Å². The van der Waals surface area contributed by atoms with Crippen molar-refractivity contribution in [3.63, 3.8) is 0 Å². The number of rotatable bonds is 5. The Balaban J connectivity index is 0.00000220. The van der Waals surface area contributed by atoms with E-state index in [4.69, 9.17) is 4.74 Å². The molecule has 1 heterocycles. The van der Waals surface area contributed by atoms with Crippen LogP contribution in [0.2, 0.25) is 0 Å². The number of halogens is 2. The van der Waals surface area contributed by atoms with Gasteiger partial charge in [0.15, 0.2) is 0 Å². The summed E-state index contributed by atoms with van der Waals surface area (Å²) in [7, 11) is 1.80. The molecule has 0 saturated carbocycles. The normalized spacial score (nSPS) is 17.9. The van der Waals surface area contributed by atoms with E-state index in [1.54, 1.807) is 24.1 Å². The van der Waals surface area contributed by atoms with E-state index in [2.05, 4.69) is 5.32 Å². The molecule has 1 unspecified atom stereocenters. The Morgan fingerprint density at radius 1 is 1.43 bits per heavy atom. The van der Waals surface area contributed by atoms with E-state index in [-0.39, 0.29) is 30.2 Å². The van der Waals surface area contributed by atoms with E-state index >= 15 is 0 Å². The minimum Gasteiger partial charge on any atom is -0.378 e. The first kappa shape index (κ1) is 17.9. The Labute approximate surface area is 131 Å². The molecule has 1 amide bonds. The summed E-state index contributed by atoms with van der Waals surface area (Å²) in [5.74, 6) is -0.128. The van der Waals surface area contributed by atoms with Crippen LogP contribution in [0, 0.1) is 5.82 Å². The topological polar surface area (TPSA) is 41.6 Å². The van der Waals surface area contributed by atoms with Crippen LogP contribution in [0.3, 0.4) is 0 Å². The summed E-state index contributed by atoms with van der Waals surface area (Å²) in [5, 5.41) is 3.27. The zero-order valence-electron chi connectivity index (χ0n) is 12.2. The van der Waals surface area contributed by atoms with Crippen molar-refractivity contribution in [3.8, 4) is 0 Å². The number of hydrogen-bond acceptors (Lipinski definition) is 3. The second-order valence-corrected chi connectivity index (χ2v) is 5.12. The van der Waals surface area contributed by atoms with Crippen molar-refractivity contribution in [2.45, 2.75) is 18.9 Å². The van der Waals surface area contributed by atoms with Crippen molar-refractivity contribution < 1.29 is 13.9 Å². The van der Waals surface area contributed by atoms with Crippen molar-refractivity contribution >= 4 is 18.3 Å². The van der Waals surface area contributed by atoms with Gasteiger partial charge in [-0.15, -0.1) is 12.4 Å². The van der Waals surface area contributed by atoms with E-state index in [9.17, 15) is 9.18 Å². The maximum atomic E-state index is 12.8. The molecule has 2 rings (SSSR count). The quantitative estimate of drug-likeness (QED) is 0.897. The molecule has 1 fully saturated rings. The Kier molecular flexibility index (Phi) is 7.64. The number of likely N-dealkylation sites (N-methyl/N-ethyl adjacent to an activating group) is 1. The van der Waals surface area contributed by atoms with Crippen molar-refractivity contribution in [2.75, 3.05) is 33.4 Å². The molecule has 1 N–H and O–H groups in total. The largest absolute Gasteiger partial charge is 0.378 e. The average Bonchev–Trinajstić information content (AvgIpc) is 2.47. The van der Waals surface area contributed by atoms with Crippen LogP contribution in [0.5, 0.6) is 0 Å². The number of amides is 1. The third-order valence-corrected chi connectivity index (χ3v) is 3.49. The molecular weight excluding hydrogens is 295 g/mol. The van der Waals surface area contributed by atoms with Crippen LogP contribution in [-0.2, 0) is 16.0 Å². The first-order chi connectivity index (χ1) is 9.65. The zero-order chi connectivity index (χ0) is 14.4. The molecule has 0 spiro atoms. The van der Waals surface area contributed by atoms with E-state index in [1.807, 2.05) is 0 Å². The van der Waals surface area contributed by atoms with Gasteiger partial charge in [-0.25, -0.2) is 4.39 Å². The number of nitrogens with zero attached hydrogens (tertiary/aromatic N) is 1. The number of carbonyl (C=O) groups excluding carboxylic acids is 1. The van der Waals surface area contributed by atoms with Gasteiger partial charge in [-0.3, -0.25) is 4.79 Å². The van der Waals surface area contributed by atoms with Crippen molar-refractivity contribution in [1.29, 1.82) is 0 Å². The predicted molar refractivity (Wildman–Crippen MR) is 82.2 cm³/mol. The summed E-state index contributed by atoms with van der Waals surface area (Å²) in [6.07, 6.45) is 1.19. The molecule has 0 aliphatic carbocycles. The van der Waals surface area contributed by atoms with Crippen LogP contribution in [0.25, 0.3) is 0 Å². The maximum absolute atomic E-state index is 12.8. The minimum atomic E-state index is -0.235. The van der Waals surface area contributed by atoms with Crippen LogP contribution in [0.15, 0.2) is 24.3 Å². The summed E-state index contributed by atoms with van der Waals surface area (Å²) >= 11 is 0. The molecule has 6 heteroatoms. The van der Waals surface area contributed by atoms with Gasteiger partial charge in [0, 0.05) is 32.6 Å². The third-order valence-electron chi connectivity index (χ3n) is 3.49. The number of carbonyl (C=O) groups is 1. The standard InChI is InChI=1S/C15H21FN2O2.ClH/c1-18(8-6-12-2-4-13(16)5-3-12)15(19)10-14-11-20-9-7-17-14;/h2-5,14,17H,6-11H2,1H3;1H. The SMILES string of the molecule is CN(CCc1ccc(F)cc1)C(=O)CC1COCCN1.Cl. The number of ether oxygens (including phenoxy) is 1. The van der Waals surface area contributed by atoms with Gasteiger partial charge in [0.1, 0.15) is 5.82 Å². The molecule has 21 heavy (non-hydrogen) atoms. The molecule has 0 bridgehead atoms. The number of hydrogen-bond donors (Lipinski definition) is 1. The van der Waals surface area contributed by atoms with Gasteiger partial charge in [0.25, 0.3) is 0 Å². The highest BCUT2D eigenvalue weighted by Crippen LogP contribution is 2.06. The summed E-state index contributed by atoms with van der Waals surface area (Å²) in [5.41, 5.74) is 1.03. The number of benzene rings is 1. The molecule has 118 valence electrons. The maximum Gasteiger partial charge on any atom is 0.223 e. The highest BCUT2D eigenvalue weighted by atomic mass is 35.5. The monoisotopic (exact) mass is 316 g/mol. The fourth-order valence-corrected chi connectivity index (χ4v) is 2.19. The molecule has 0 aromatic heterocycles. The average molecular weight is 317 g/mol. The zero-order valence-corrected chi connectivity index (χ0v) is 13.0. The van der Waals surface area contributed by atoms with Gasteiger partial charge >= 0.3 is 0 Å².